The van der Waals surface area contributed by atoms with Crippen molar-refractivity contribution >= 4 is 11.7 Å². The molecule has 102 valence electrons. The van der Waals surface area contributed by atoms with Crippen LogP contribution >= 0.6 is 0 Å². The van der Waals surface area contributed by atoms with Crippen LogP contribution in [0, 0.1) is 0 Å². The lowest BCUT2D eigenvalue weighted by molar-refractivity contribution is 0.0926. The van der Waals surface area contributed by atoms with E-state index in [9.17, 15) is 9.59 Å². The summed E-state index contributed by atoms with van der Waals surface area (Å²) in [6.45, 7) is 0.265. The van der Waals surface area contributed by atoms with Crippen LogP contribution in [0.5, 0.6) is 0 Å². The van der Waals surface area contributed by atoms with Gasteiger partial charge in [-0.1, -0.05) is 0 Å². The molecule has 6 heteroatoms. The van der Waals surface area contributed by atoms with E-state index in [1.807, 2.05) is 0 Å². The van der Waals surface area contributed by atoms with Crippen LogP contribution in [-0.4, -0.2) is 21.7 Å². The molecule has 0 saturated carbocycles. The predicted molar refractivity (Wildman–Crippen MR) is 69.2 cm³/mol. The van der Waals surface area contributed by atoms with E-state index in [-0.39, 0.29) is 18.2 Å². The van der Waals surface area contributed by atoms with E-state index >= 15 is 0 Å². The fourth-order valence-corrected chi connectivity index (χ4v) is 2.28. The van der Waals surface area contributed by atoms with E-state index in [0.29, 0.717) is 35.4 Å². The zero-order chi connectivity index (χ0) is 13.9. The number of nitrogens with one attached hydrogen (secondary N) is 1. The lowest BCUT2D eigenvalue weighted by atomic mass is 9.94. The highest BCUT2D eigenvalue weighted by Gasteiger charge is 2.27. The number of fused-ring (bicyclic) bond motifs is 1. The van der Waals surface area contributed by atoms with Crippen molar-refractivity contribution in [3.63, 3.8) is 0 Å². The van der Waals surface area contributed by atoms with E-state index in [2.05, 4.69) is 15.3 Å². The highest BCUT2D eigenvalue weighted by Crippen LogP contribution is 2.26. The number of amides is 1. The van der Waals surface area contributed by atoms with Crippen molar-refractivity contribution in [3.8, 4) is 0 Å². The zero-order valence-corrected chi connectivity index (χ0v) is 10.8. The minimum Gasteiger partial charge on any atom is -0.468 e. The number of hydrogen-bond donors (Lipinski definition) is 1. The molecule has 2 aromatic rings. The van der Waals surface area contributed by atoms with Crippen LogP contribution in [0.3, 0.4) is 0 Å². The number of carbonyl (C=O) groups is 2. The third-order valence-electron chi connectivity index (χ3n) is 3.25. The van der Waals surface area contributed by atoms with E-state index in [1.54, 1.807) is 18.6 Å². The van der Waals surface area contributed by atoms with Crippen LogP contribution in [0.15, 0.2) is 29.3 Å². The van der Waals surface area contributed by atoms with Gasteiger partial charge in [-0.05, 0) is 6.42 Å². The van der Waals surface area contributed by atoms with Gasteiger partial charge in [0.1, 0.15) is 12.0 Å². The van der Waals surface area contributed by atoms with Gasteiger partial charge < -0.3 is 9.73 Å². The number of rotatable bonds is 3. The maximum atomic E-state index is 12.1. The molecule has 1 aliphatic carbocycles. The zero-order valence-electron chi connectivity index (χ0n) is 10.8. The lowest BCUT2D eigenvalue weighted by Crippen LogP contribution is -2.25. The molecule has 0 fully saturated rings. The summed E-state index contributed by atoms with van der Waals surface area (Å²) in [5, 5.41) is 2.72. The van der Waals surface area contributed by atoms with Gasteiger partial charge in [-0.15, -0.1) is 0 Å². The number of nitrogens with zero attached hydrogens (tertiary/aromatic N) is 2. The maximum absolute atomic E-state index is 12.1. The first-order valence-corrected chi connectivity index (χ1v) is 6.42. The number of ketones is 1. The summed E-state index contributed by atoms with van der Waals surface area (Å²) in [4.78, 5) is 32.0. The number of carbonyl (C=O) groups excluding carboxylic acids is 2. The van der Waals surface area contributed by atoms with Crippen LogP contribution in [0.2, 0.25) is 0 Å². The van der Waals surface area contributed by atoms with E-state index in [0.717, 1.165) is 6.42 Å². The molecule has 0 radical (unpaired) electrons. The molecule has 20 heavy (non-hydrogen) atoms. The van der Waals surface area contributed by atoms with Crippen molar-refractivity contribution < 1.29 is 14.0 Å². The second-order valence-electron chi connectivity index (χ2n) is 4.60. The number of furan rings is 1. The third kappa shape index (κ3) is 2.32. The first kappa shape index (κ1) is 12.5. The van der Waals surface area contributed by atoms with Gasteiger partial charge in [-0.2, -0.15) is 0 Å². The van der Waals surface area contributed by atoms with Gasteiger partial charge in [0.2, 0.25) is 0 Å². The molecule has 2 heterocycles. The average Bonchev–Trinajstić information content (AvgIpc) is 2.91. The Labute approximate surface area is 115 Å². The Morgan fingerprint density at radius 2 is 2.25 bits per heavy atom. The van der Waals surface area contributed by atoms with Gasteiger partial charge in [0, 0.05) is 25.2 Å². The van der Waals surface area contributed by atoms with Crippen molar-refractivity contribution in [3.05, 3.63) is 47.4 Å². The summed E-state index contributed by atoms with van der Waals surface area (Å²) in [6.07, 6.45) is 8.02. The topological polar surface area (TPSA) is 85.1 Å². The fourth-order valence-electron chi connectivity index (χ4n) is 2.28. The van der Waals surface area contributed by atoms with Crippen LogP contribution in [0.4, 0.5) is 0 Å². The van der Waals surface area contributed by atoms with Gasteiger partial charge in [0.05, 0.1) is 29.6 Å². The lowest BCUT2D eigenvalue weighted by Gasteiger charge is -2.10. The third-order valence-corrected chi connectivity index (χ3v) is 3.25. The van der Waals surface area contributed by atoms with Crippen LogP contribution < -0.4 is 5.32 Å². The monoisotopic (exact) mass is 271 g/mol. The SMILES string of the molecule is O=C(NCc1cnccn1)c1coc2c1C(=O)CCC2. The molecule has 1 aliphatic rings. The highest BCUT2D eigenvalue weighted by atomic mass is 16.3. The van der Waals surface area contributed by atoms with E-state index < -0.39 is 0 Å². The molecule has 1 N–H and O–H groups in total. The van der Waals surface area contributed by atoms with E-state index in [1.165, 1.54) is 6.26 Å². The largest absolute Gasteiger partial charge is 0.468 e. The Hall–Kier alpha value is -2.50. The van der Waals surface area contributed by atoms with Gasteiger partial charge in [0.25, 0.3) is 5.91 Å². The Bertz CT molecular complexity index is 649. The quantitative estimate of drug-likeness (QED) is 0.914. The van der Waals surface area contributed by atoms with Gasteiger partial charge >= 0.3 is 0 Å². The van der Waals surface area contributed by atoms with E-state index in [4.69, 9.17) is 4.42 Å². The molecule has 0 spiro atoms. The Balaban J connectivity index is 1.75. The summed E-state index contributed by atoms with van der Waals surface area (Å²) in [5.41, 5.74) is 1.41. The molecule has 1 amide bonds. The first-order chi connectivity index (χ1) is 9.75. The Morgan fingerprint density at radius 1 is 1.35 bits per heavy atom. The van der Waals surface area contributed by atoms with Crippen molar-refractivity contribution in [2.75, 3.05) is 0 Å². The molecule has 6 nitrogen and oxygen atoms in total. The van der Waals surface area contributed by atoms with Crippen molar-refractivity contribution in [2.24, 2.45) is 0 Å². The molecule has 0 aliphatic heterocycles. The molecule has 0 atom stereocenters. The second kappa shape index (κ2) is 5.24. The summed E-state index contributed by atoms with van der Waals surface area (Å²) in [6, 6.07) is 0. The Kier molecular flexibility index (Phi) is 3.28. The summed E-state index contributed by atoms with van der Waals surface area (Å²) in [5.74, 6) is 0.270. The van der Waals surface area contributed by atoms with Crippen LogP contribution in [0.25, 0.3) is 0 Å². The van der Waals surface area contributed by atoms with Gasteiger partial charge in [-0.25, -0.2) is 0 Å². The standard InChI is InChI=1S/C14H13N3O3/c18-11-2-1-3-12-13(11)10(8-20-12)14(19)17-7-9-6-15-4-5-16-9/h4-6,8H,1-3,7H2,(H,17,19). The summed E-state index contributed by atoms with van der Waals surface area (Å²) >= 11 is 0. The normalized spacial score (nSPS) is 13.9. The van der Waals surface area contributed by atoms with Crippen molar-refractivity contribution in [2.45, 2.75) is 25.8 Å². The number of Topliss-reactive ketones (excluding diaryl/α,β-unsaturated/α-hetero) is 1. The second-order valence-corrected chi connectivity index (χ2v) is 4.60. The average molecular weight is 271 g/mol. The highest BCUT2D eigenvalue weighted by molar-refractivity contribution is 6.09. The van der Waals surface area contributed by atoms with Gasteiger partial charge in [0.15, 0.2) is 5.78 Å². The Morgan fingerprint density at radius 3 is 3.05 bits per heavy atom. The number of aryl methyl sites for hydroxylation is 1. The van der Waals surface area contributed by atoms with Crippen molar-refractivity contribution in [1.29, 1.82) is 0 Å². The molecule has 0 aromatic carbocycles. The minimum absolute atomic E-state index is 0.0235. The van der Waals surface area contributed by atoms with Gasteiger partial charge in [-0.3, -0.25) is 19.6 Å². The number of hydrogen-bond acceptors (Lipinski definition) is 5. The number of aromatic nitrogens is 2. The summed E-state index contributed by atoms with van der Waals surface area (Å²) < 4.78 is 5.32. The summed E-state index contributed by atoms with van der Waals surface area (Å²) in [7, 11) is 0. The molecular weight excluding hydrogens is 258 g/mol. The van der Waals surface area contributed by atoms with Crippen molar-refractivity contribution in [1.82, 2.24) is 15.3 Å². The molecule has 2 aromatic heterocycles. The fraction of sp³-hybridized carbons (Fsp3) is 0.286. The molecule has 0 bridgehead atoms. The van der Waals surface area contributed by atoms with Crippen LogP contribution in [0.1, 0.15) is 45.0 Å². The minimum atomic E-state index is -0.323. The molecule has 0 saturated heterocycles. The van der Waals surface area contributed by atoms with Crippen LogP contribution in [-0.2, 0) is 13.0 Å². The smallest absolute Gasteiger partial charge is 0.255 e. The molecule has 0 unspecified atom stereocenters. The first-order valence-electron chi connectivity index (χ1n) is 6.42. The molecular formula is C14H13N3O3. The predicted octanol–water partition coefficient (Wildman–Crippen LogP) is 1.52. The maximum Gasteiger partial charge on any atom is 0.255 e. The molecule has 3 rings (SSSR count).